The second-order valence-corrected chi connectivity index (χ2v) is 12.9. The monoisotopic (exact) mass is 287 g/mol. The number of esters is 1. The van der Waals surface area contributed by atoms with Gasteiger partial charge in [0.15, 0.2) is 5.16 Å². The van der Waals surface area contributed by atoms with Gasteiger partial charge in [-0.25, -0.2) is 4.79 Å². The van der Waals surface area contributed by atoms with Gasteiger partial charge >= 0.3 is 5.97 Å². The predicted molar refractivity (Wildman–Crippen MR) is 85.5 cm³/mol. The van der Waals surface area contributed by atoms with E-state index in [2.05, 4.69) is 47.7 Å². The van der Waals surface area contributed by atoms with E-state index in [1.807, 2.05) is 0 Å². The minimum Gasteiger partial charge on any atom is -0.459 e. The Morgan fingerprint density at radius 3 is 1.84 bits per heavy atom. The summed E-state index contributed by atoms with van der Waals surface area (Å²) in [7, 11) is -1.36. The molecule has 0 saturated heterocycles. The lowest BCUT2D eigenvalue weighted by Crippen LogP contribution is -2.50. The van der Waals surface area contributed by atoms with Crippen LogP contribution in [0.4, 0.5) is 0 Å². The summed E-state index contributed by atoms with van der Waals surface area (Å²) < 4.78 is 5.90. The molecule has 0 heterocycles. The van der Waals surface area contributed by atoms with Crippen LogP contribution in [0.3, 0.4) is 0 Å². The second-order valence-electron chi connectivity index (χ2n) is 8.00. The molecule has 2 nitrogen and oxygen atoms in total. The van der Waals surface area contributed by atoms with Crippen LogP contribution < -0.4 is 0 Å². The van der Waals surface area contributed by atoms with Crippen molar-refractivity contribution < 1.29 is 9.53 Å². The lowest BCUT2D eigenvalue weighted by molar-refractivity contribution is -0.156. The molecule has 0 spiro atoms. The van der Waals surface area contributed by atoms with Crippen LogP contribution >= 0.6 is 7.26 Å². The summed E-state index contributed by atoms with van der Waals surface area (Å²) in [6, 6.07) is 0. The largest absolute Gasteiger partial charge is 0.459 e. The summed E-state index contributed by atoms with van der Waals surface area (Å²) >= 11 is 0. The first-order valence-electron chi connectivity index (χ1n) is 7.53. The summed E-state index contributed by atoms with van der Waals surface area (Å²) in [4.78, 5) is 12.8. The van der Waals surface area contributed by atoms with Gasteiger partial charge < -0.3 is 4.74 Å². The maximum atomic E-state index is 12.8. The lowest BCUT2D eigenvalue weighted by Gasteiger charge is -2.44. The Kier molecular flexibility index (Phi) is 5.10. The van der Waals surface area contributed by atoms with Crippen molar-refractivity contribution >= 4 is 13.2 Å². The van der Waals surface area contributed by atoms with E-state index in [9.17, 15) is 4.79 Å². The zero-order chi connectivity index (χ0) is 14.9. The standard InChI is InChI=1S/C16H32O2P/c1-15(2,3)16(4,19(5,6)7)14(17)18-13-11-9-8-10-12-13/h13H,8-12H2,1-7H3/q+1. The molecule has 0 radical (unpaired) electrons. The van der Waals surface area contributed by atoms with E-state index in [1.54, 1.807) is 0 Å². The van der Waals surface area contributed by atoms with E-state index < -0.39 is 7.26 Å². The Bertz CT molecular complexity index is 303. The summed E-state index contributed by atoms with van der Waals surface area (Å²) in [5.74, 6) is 0.0349. The molecule has 1 fully saturated rings. The molecule has 1 saturated carbocycles. The number of carbonyl (C=O) groups excluding carboxylic acids is 1. The number of hydrogen-bond donors (Lipinski definition) is 0. The summed E-state index contributed by atoms with van der Waals surface area (Å²) in [5, 5.41) is -0.364. The van der Waals surface area contributed by atoms with E-state index >= 15 is 0 Å². The van der Waals surface area contributed by atoms with Gasteiger partial charge in [-0.3, -0.25) is 0 Å². The number of carbonyl (C=O) groups is 1. The third kappa shape index (κ3) is 3.51. The molecule has 112 valence electrons. The van der Waals surface area contributed by atoms with Gasteiger partial charge in [-0.2, -0.15) is 0 Å². The molecule has 0 N–H and O–H groups in total. The van der Waals surface area contributed by atoms with Crippen molar-refractivity contribution in [2.45, 2.75) is 71.1 Å². The first-order valence-corrected chi connectivity index (χ1v) is 10.7. The molecule has 0 aromatic carbocycles. The first-order chi connectivity index (χ1) is 8.50. The second kappa shape index (κ2) is 5.72. The summed E-state index contributed by atoms with van der Waals surface area (Å²) in [5.41, 5.74) is -0.0647. The molecule has 0 aromatic heterocycles. The average molecular weight is 287 g/mol. The van der Waals surface area contributed by atoms with Crippen LogP contribution in [0.25, 0.3) is 0 Å². The predicted octanol–water partition coefficient (Wildman–Crippen LogP) is 4.57. The van der Waals surface area contributed by atoms with E-state index in [1.165, 1.54) is 19.3 Å². The molecule has 1 aliphatic rings. The lowest BCUT2D eigenvalue weighted by atomic mass is 9.81. The molecule has 3 heteroatoms. The summed E-state index contributed by atoms with van der Waals surface area (Å²) in [6.07, 6.45) is 5.96. The van der Waals surface area contributed by atoms with E-state index in [0.29, 0.717) is 0 Å². The average Bonchev–Trinajstić information content (AvgIpc) is 2.26. The molecule has 0 aliphatic heterocycles. The summed E-state index contributed by atoms with van der Waals surface area (Å²) in [6.45, 7) is 15.4. The molecule has 0 amide bonds. The third-order valence-electron chi connectivity index (χ3n) is 5.03. The van der Waals surface area contributed by atoms with Crippen LogP contribution in [0.2, 0.25) is 0 Å². The van der Waals surface area contributed by atoms with Gasteiger partial charge in [0.1, 0.15) is 6.10 Å². The van der Waals surface area contributed by atoms with Crippen molar-refractivity contribution in [2.75, 3.05) is 20.0 Å². The van der Waals surface area contributed by atoms with E-state index in [0.717, 1.165) is 12.8 Å². The highest BCUT2D eigenvalue weighted by molar-refractivity contribution is 7.76. The SMILES string of the molecule is CC(C)(C)C(C)(C(=O)OC1CCCCC1)[P+](C)(C)C. The molecule has 0 aromatic rings. The van der Waals surface area contributed by atoms with Gasteiger partial charge in [-0.05, 0) is 32.6 Å². The molecule has 1 atom stereocenters. The third-order valence-corrected chi connectivity index (χ3v) is 8.56. The van der Waals surface area contributed by atoms with E-state index in [-0.39, 0.29) is 22.6 Å². The number of rotatable bonds is 3. The van der Waals surface area contributed by atoms with Crippen molar-refractivity contribution in [3.05, 3.63) is 0 Å². The molecule has 1 aliphatic carbocycles. The van der Waals surface area contributed by atoms with Crippen LogP contribution in [0.5, 0.6) is 0 Å². The van der Waals surface area contributed by atoms with Crippen LogP contribution in [0, 0.1) is 5.41 Å². The Labute approximate surface area is 120 Å². The highest BCUT2D eigenvalue weighted by Crippen LogP contribution is 2.66. The van der Waals surface area contributed by atoms with E-state index in [4.69, 9.17) is 4.74 Å². The normalized spacial score (nSPS) is 21.8. The number of ether oxygens (including phenoxy) is 1. The maximum Gasteiger partial charge on any atom is 0.350 e. The highest BCUT2D eigenvalue weighted by Gasteiger charge is 2.60. The minimum absolute atomic E-state index is 0.0349. The van der Waals surface area contributed by atoms with Gasteiger partial charge in [0.2, 0.25) is 0 Å². The Morgan fingerprint density at radius 2 is 1.47 bits per heavy atom. The van der Waals surface area contributed by atoms with Crippen LogP contribution in [-0.4, -0.2) is 37.2 Å². The Balaban J connectivity index is 2.90. The zero-order valence-corrected chi connectivity index (χ0v) is 14.8. The van der Waals surface area contributed by atoms with Gasteiger partial charge in [0, 0.05) is 32.7 Å². The van der Waals surface area contributed by atoms with Crippen LogP contribution in [0.1, 0.15) is 59.8 Å². The molecule has 1 unspecified atom stereocenters. The van der Waals surface area contributed by atoms with Gasteiger partial charge in [-0.1, -0.05) is 27.2 Å². The first kappa shape index (κ1) is 17.0. The fourth-order valence-corrected chi connectivity index (χ4v) is 5.65. The van der Waals surface area contributed by atoms with Crippen LogP contribution in [0.15, 0.2) is 0 Å². The van der Waals surface area contributed by atoms with Crippen molar-refractivity contribution in [1.82, 2.24) is 0 Å². The van der Waals surface area contributed by atoms with Gasteiger partial charge in [0.05, 0.1) is 0 Å². The molecule has 0 bridgehead atoms. The molecular formula is C16H32O2P+. The van der Waals surface area contributed by atoms with Gasteiger partial charge in [0.25, 0.3) is 0 Å². The smallest absolute Gasteiger partial charge is 0.350 e. The number of hydrogen-bond acceptors (Lipinski definition) is 2. The van der Waals surface area contributed by atoms with Crippen LogP contribution in [-0.2, 0) is 9.53 Å². The molecular weight excluding hydrogens is 255 g/mol. The van der Waals surface area contributed by atoms with Crippen molar-refractivity contribution in [3.8, 4) is 0 Å². The minimum atomic E-state index is -1.36. The fraction of sp³-hybridized carbons (Fsp3) is 0.938. The fourth-order valence-electron chi connectivity index (χ4n) is 3.04. The van der Waals surface area contributed by atoms with Crippen molar-refractivity contribution in [2.24, 2.45) is 5.41 Å². The zero-order valence-electron chi connectivity index (χ0n) is 13.9. The Hall–Kier alpha value is -0.100. The highest BCUT2D eigenvalue weighted by atomic mass is 31.2. The van der Waals surface area contributed by atoms with Crippen molar-refractivity contribution in [3.63, 3.8) is 0 Å². The van der Waals surface area contributed by atoms with Crippen molar-refractivity contribution in [1.29, 1.82) is 0 Å². The molecule has 1 rings (SSSR count). The molecule has 19 heavy (non-hydrogen) atoms. The van der Waals surface area contributed by atoms with Gasteiger partial charge in [-0.15, -0.1) is 0 Å². The maximum absolute atomic E-state index is 12.8. The topological polar surface area (TPSA) is 26.3 Å². The Morgan fingerprint density at radius 1 is 1.00 bits per heavy atom. The quantitative estimate of drug-likeness (QED) is 0.561.